The number of hydrogen-bond donors (Lipinski definition) is 1. The molecular weight excluding hydrogens is 420 g/mol. The van der Waals surface area contributed by atoms with E-state index in [9.17, 15) is 5.11 Å². The van der Waals surface area contributed by atoms with Crippen molar-refractivity contribution in [3.8, 4) is 0 Å². The Balaban J connectivity index is 2.24. The number of rotatable bonds is 14. The molecular formula is C30H44O2Si. The second kappa shape index (κ2) is 14.3. The molecule has 180 valence electrons. The zero-order chi connectivity index (χ0) is 24.0. The predicted molar refractivity (Wildman–Crippen MR) is 146 cm³/mol. The minimum absolute atomic E-state index is 0.0221. The van der Waals surface area contributed by atoms with Crippen LogP contribution in [0.3, 0.4) is 0 Å². The van der Waals surface area contributed by atoms with Gasteiger partial charge in [0.05, 0.1) is 6.10 Å². The summed E-state index contributed by atoms with van der Waals surface area (Å²) >= 11 is 0. The van der Waals surface area contributed by atoms with Gasteiger partial charge in [-0.25, -0.2) is 0 Å². The van der Waals surface area contributed by atoms with Crippen molar-refractivity contribution < 1.29 is 9.53 Å². The maximum Gasteiger partial charge on any atom is 0.261 e. The van der Waals surface area contributed by atoms with Gasteiger partial charge in [0.15, 0.2) is 0 Å². The first-order valence-electron chi connectivity index (χ1n) is 12.7. The fourth-order valence-corrected chi connectivity index (χ4v) is 9.19. The largest absolute Gasteiger partial charge is 0.404 e. The van der Waals surface area contributed by atoms with Crippen LogP contribution in [0.2, 0.25) is 5.04 Å². The van der Waals surface area contributed by atoms with Crippen molar-refractivity contribution in [3.05, 3.63) is 85.0 Å². The highest BCUT2D eigenvalue weighted by Gasteiger charge is 2.51. The molecule has 1 unspecified atom stereocenters. The topological polar surface area (TPSA) is 29.5 Å². The number of aliphatic hydroxyl groups excluding tert-OH is 1. The van der Waals surface area contributed by atoms with Crippen LogP contribution in [-0.4, -0.2) is 26.1 Å². The molecule has 1 atom stereocenters. The van der Waals surface area contributed by atoms with Crippen molar-refractivity contribution in [3.63, 3.8) is 0 Å². The van der Waals surface area contributed by atoms with Crippen molar-refractivity contribution in [2.45, 2.75) is 83.8 Å². The first kappa shape index (κ1) is 27.3. The van der Waals surface area contributed by atoms with Crippen molar-refractivity contribution >= 4 is 18.7 Å². The Bertz CT molecular complexity index is 782. The molecule has 0 aliphatic heterocycles. The van der Waals surface area contributed by atoms with Gasteiger partial charge in [-0.3, -0.25) is 0 Å². The van der Waals surface area contributed by atoms with Gasteiger partial charge in [0.1, 0.15) is 0 Å². The molecule has 0 aromatic heterocycles. The van der Waals surface area contributed by atoms with E-state index in [-0.39, 0.29) is 17.7 Å². The third-order valence-corrected chi connectivity index (χ3v) is 11.3. The Labute approximate surface area is 203 Å². The van der Waals surface area contributed by atoms with Crippen LogP contribution in [0, 0.1) is 0 Å². The van der Waals surface area contributed by atoms with Crippen molar-refractivity contribution in [1.82, 2.24) is 0 Å². The lowest BCUT2D eigenvalue weighted by molar-refractivity contribution is 0.146. The summed E-state index contributed by atoms with van der Waals surface area (Å²) in [6.45, 7) is 9.27. The van der Waals surface area contributed by atoms with Crippen LogP contribution in [0.5, 0.6) is 0 Å². The van der Waals surface area contributed by atoms with Gasteiger partial charge >= 0.3 is 0 Å². The van der Waals surface area contributed by atoms with Crippen LogP contribution in [0.4, 0.5) is 0 Å². The minimum atomic E-state index is -2.60. The standard InChI is InChI=1S/C30H44O2Si/c1-5-6-7-8-9-10-11-12-15-20-27(25-26-31)32-33(30(2,3)4,28-21-16-13-17-22-28)29-23-18-14-19-24-29/h9-10,12-19,21-24,27,31H,5-8,11,20,25-26H2,1-4H3/b10-9-,15-12-. The molecule has 0 aliphatic rings. The highest BCUT2D eigenvalue weighted by Crippen LogP contribution is 2.38. The maximum atomic E-state index is 9.82. The quantitative estimate of drug-likeness (QED) is 0.189. The Morgan fingerprint density at radius 3 is 1.94 bits per heavy atom. The number of allylic oxidation sites excluding steroid dienone is 3. The SMILES string of the molecule is CCCCC/C=C\C/C=C\CC(CCO)O[Si](c1ccccc1)(c1ccccc1)C(C)(C)C. The van der Waals surface area contributed by atoms with E-state index >= 15 is 0 Å². The smallest absolute Gasteiger partial charge is 0.261 e. The number of hydrogen-bond acceptors (Lipinski definition) is 2. The van der Waals surface area contributed by atoms with Gasteiger partial charge in [-0.05, 0) is 47.5 Å². The van der Waals surface area contributed by atoms with E-state index in [0.29, 0.717) is 6.42 Å². The molecule has 0 bridgehead atoms. The second-order valence-electron chi connectivity index (χ2n) is 9.83. The first-order chi connectivity index (χ1) is 16.0. The summed E-state index contributed by atoms with van der Waals surface area (Å²) in [4.78, 5) is 0. The fraction of sp³-hybridized carbons (Fsp3) is 0.467. The van der Waals surface area contributed by atoms with E-state index < -0.39 is 8.32 Å². The van der Waals surface area contributed by atoms with E-state index in [1.165, 1.54) is 36.1 Å². The summed E-state index contributed by atoms with van der Waals surface area (Å²) in [6, 6.07) is 21.5. The third-order valence-electron chi connectivity index (χ3n) is 6.19. The van der Waals surface area contributed by atoms with Crippen molar-refractivity contribution in [1.29, 1.82) is 0 Å². The van der Waals surface area contributed by atoms with Crippen LogP contribution < -0.4 is 10.4 Å². The second-order valence-corrected chi connectivity index (χ2v) is 14.1. The van der Waals surface area contributed by atoms with E-state index in [4.69, 9.17) is 4.43 Å². The average molecular weight is 465 g/mol. The summed E-state index contributed by atoms with van der Waals surface area (Å²) in [5.41, 5.74) is 0. The van der Waals surface area contributed by atoms with Crippen LogP contribution in [-0.2, 0) is 4.43 Å². The predicted octanol–water partition coefficient (Wildman–Crippen LogP) is 6.79. The minimum Gasteiger partial charge on any atom is -0.404 e. The molecule has 1 N–H and O–H groups in total. The average Bonchev–Trinajstić information content (AvgIpc) is 2.81. The van der Waals surface area contributed by atoms with E-state index in [0.717, 1.165) is 12.8 Å². The number of aliphatic hydroxyl groups is 1. The molecule has 0 radical (unpaired) electrons. The van der Waals surface area contributed by atoms with Gasteiger partial charge in [-0.15, -0.1) is 0 Å². The summed E-state index contributed by atoms with van der Waals surface area (Å²) < 4.78 is 7.20. The highest BCUT2D eigenvalue weighted by atomic mass is 28.4. The van der Waals surface area contributed by atoms with Crippen molar-refractivity contribution in [2.24, 2.45) is 0 Å². The maximum absolute atomic E-state index is 9.82. The van der Waals surface area contributed by atoms with Gasteiger partial charge in [-0.2, -0.15) is 0 Å². The number of benzene rings is 2. The Morgan fingerprint density at radius 1 is 0.848 bits per heavy atom. The Kier molecular flexibility index (Phi) is 11.9. The molecule has 2 aromatic carbocycles. The lowest BCUT2D eigenvalue weighted by Gasteiger charge is -2.45. The van der Waals surface area contributed by atoms with Crippen LogP contribution in [0.25, 0.3) is 0 Å². The highest BCUT2D eigenvalue weighted by molar-refractivity contribution is 6.99. The summed E-state index contributed by atoms with van der Waals surface area (Å²) in [5, 5.41) is 12.3. The molecule has 0 saturated carbocycles. The van der Waals surface area contributed by atoms with E-state index in [2.05, 4.69) is 113 Å². The molecule has 2 aromatic rings. The molecule has 2 nitrogen and oxygen atoms in total. The summed E-state index contributed by atoms with van der Waals surface area (Å²) in [5.74, 6) is 0. The lowest BCUT2D eigenvalue weighted by Crippen LogP contribution is -2.67. The van der Waals surface area contributed by atoms with Crippen LogP contribution in [0.15, 0.2) is 85.0 Å². The normalized spacial score (nSPS) is 13.7. The Hall–Kier alpha value is -1.94. The number of unbranched alkanes of at least 4 members (excludes halogenated alkanes) is 3. The van der Waals surface area contributed by atoms with Crippen molar-refractivity contribution in [2.75, 3.05) is 6.61 Å². The zero-order valence-electron chi connectivity index (χ0n) is 21.2. The molecule has 0 saturated heterocycles. The van der Waals surface area contributed by atoms with Crippen LogP contribution >= 0.6 is 0 Å². The summed E-state index contributed by atoms with van der Waals surface area (Å²) in [6.07, 6.45) is 16.4. The van der Waals surface area contributed by atoms with Crippen LogP contribution in [0.1, 0.15) is 72.6 Å². The molecule has 0 heterocycles. The molecule has 3 heteroatoms. The van der Waals surface area contributed by atoms with Gasteiger partial charge < -0.3 is 9.53 Å². The Morgan fingerprint density at radius 2 is 1.42 bits per heavy atom. The van der Waals surface area contributed by atoms with Gasteiger partial charge in [0, 0.05) is 6.61 Å². The molecule has 0 fully saturated rings. The molecule has 33 heavy (non-hydrogen) atoms. The monoisotopic (exact) mass is 464 g/mol. The first-order valence-corrected chi connectivity index (χ1v) is 14.6. The zero-order valence-corrected chi connectivity index (χ0v) is 22.2. The van der Waals surface area contributed by atoms with E-state index in [1.807, 2.05) is 0 Å². The van der Waals surface area contributed by atoms with E-state index in [1.54, 1.807) is 0 Å². The lowest BCUT2D eigenvalue weighted by atomic mass is 10.1. The summed E-state index contributed by atoms with van der Waals surface area (Å²) in [7, 11) is -2.60. The third kappa shape index (κ3) is 8.10. The van der Waals surface area contributed by atoms with Gasteiger partial charge in [-0.1, -0.05) is 126 Å². The fourth-order valence-electron chi connectivity index (χ4n) is 4.46. The van der Waals surface area contributed by atoms with Gasteiger partial charge in [0.2, 0.25) is 0 Å². The molecule has 0 amide bonds. The van der Waals surface area contributed by atoms with Gasteiger partial charge in [0.25, 0.3) is 8.32 Å². The molecule has 0 aliphatic carbocycles. The molecule has 0 spiro atoms. The molecule has 2 rings (SSSR count).